The maximum Gasteiger partial charge on any atom is 0.220 e. The van der Waals surface area contributed by atoms with Crippen LogP contribution in [0.5, 0.6) is 0 Å². The molecule has 0 heterocycles. The first-order chi connectivity index (χ1) is 12.1. The van der Waals surface area contributed by atoms with E-state index in [-0.39, 0.29) is 29.9 Å². The van der Waals surface area contributed by atoms with Gasteiger partial charge in [0.15, 0.2) is 5.78 Å². The zero-order valence-electron chi connectivity index (χ0n) is 14.1. The minimum absolute atomic E-state index is 0.0340. The van der Waals surface area contributed by atoms with Crippen LogP contribution in [0.3, 0.4) is 0 Å². The zero-order chi connectivity index (χ0) is 17.7. The van der Waals surface area contributed by atoms with E-state index >= 15 is 0 Å². The van der Waals surface area contributed by atoms with Gasteiger partial charge >= 0.3 is 0 Å². The SMILES string of the molecule is O=C(CCC(=O)c1ccc(Cl)cc1)NCC1(c2ccccc2)CCC1. The lowest BCUT2D eigenvalue weighted by atomic mass is 9.64. The van der Waals surface area contributed by atoms with Crippen LogP contribution >= 0.6 is 11.6 Å². The van der Waals surface area contributed by atoms with Gasteiger partial charge in [0.1, 0.15) is 0 Å². The molecule has 1 aliphatic carbocycles. The number of Topliss-reactive ketones (excluding diaryl/α,β-unsaturated/α-hetero) is 1. The second-order valence-corrected chi connectivity index (χ2v) is 7.14. The van der Waals surface area contributed by atoms with Gasteiger partial charge in [-0.3, -0.25) is 9.59 Å². The largest absolute Gasteiger partial charge is 0.355 e. The van der Waals surface area contributed by atoms with E-state index in [9.17, 15) is 9.59 Å². The fraction of sp³-hybridized carbons (Fsp3) is 0.333. The molecule has 1 fully saturated rings. The van der Waals surface area contributed by atoms with E-state index in [0.717, 1.165) is 12.8 Å². The molecular weight excluding hydrogens is 334 g/mol. The standard InChI is InChI=1S/C21H22ClNO2/c22-18-9-7-16(8-10-18)19(24)11-12-20(25)23-15-21(13-4-14-21)17-5-2-1-3-6-17/h1-3,5-10H,4,11-15H2,(H,23,25). The van der Waals surface area contributed by atoms with Crippen molar-refractivity contribution in [2.75, 3.05) is 6.54 Å². The van der Waals surface area contributed by atoms with Crippen LogP contribution in [0.2, 0.25) is 5.02 Å². The number of ketones is 1. The summed E-state index contributed by atoms with van der Waals surface area (Å²) in [6.07, 6.45) is 3.82. The summed E-state index contributed by atoms with van der Waals surface area (Å²) in [5.74, 6) is -0.0993. The summed E-state index contributed by atoms with van der Waals surface area (Å²) in [4.78, 5) is 24.3. The Kier molecular flexibility index (Phi) is 5.54. The third-order valence-electron chi connectivity index (χ3n) is 5.07. The van der Waals surface area contributed by atoms with Gasteiger partial charge in [-0.15, -0.1) is 0 Å². The molecular formula is C21H22ClNO2. The third-order valence-corrected chi connectivity index (χ3v) is 5.32. The molecule has 1 amide bonds. The first kappa shape index (κ1) is 17.7. The van der Waals surface area contributed by atoms with Crippen LogP contribution in [0, 0.1) is 0 Å². The van der Waals surface area contributed by atoms with E-state index in [1.165, 1.54) is 12.0 Å². The lowest BCUT2D eigenvalue weighted by molar-refractivity contribution is -0.121. The molecule has 0 aliphatic heterocycles. The van der Waals surface area contributed by atoms with Crippen molar-refractivity contribution in [3.8, 4) is 0 Å². The minimum Gasteiger partial charge on any atom is -0.355 e. The number of amides is 1. The summed E-state index contributed by atoms with van der Waals surface area (Å²) >= 11 is 5.82. The molecule has 0 radical (unpaired) electrons. The van der Waals surface area contributed by atoms with Crippen LogP contribution in [0.15, 0.2) is 54.6 Å². The Morgan fingerprint density at radius 3 is 2.24 bits per heavy atom. The Labute approximate surface area is 153 Å². The highest BCUT2D eigenvalue weighted by molar-refractivity contribution is 6.30. The number of halogens is 1. The highest BCUT2D eigenvalue weighted by atomic mass is 35.5. The Morgan fingerprint density at radius 2 is 1.64 bits per heavy atom. The van der Waals surface area contributed by atoms with E-state index in [0.29, 0.717) is 17.1 Å². The maximum absolute atomic E-state index is 12.2. The third kappa shape index (κ3) is 4.29. The normalized spacial score (nSPS) is 15.2. The molecule has 0 bridgehead atoms. The number of hydrogen-bond donors (Lipinski definition) is 1. The molecule has 1 N–H and O–H groups in total. The van der Waals surface area contributed by atoms with Crippen molar-refractivity contribution in [1.29, 1.82) is 0 Å². The molecule has 0 aromatic heterocycles. The van der Waals surface area contributed by atoms with Crippen molar-refractivity contribution in [1.82, 2.24) is 5.32 Å². The first-order valence-electron chi connectivity index (χ1n) is 8.70. The summed E-state index contributed by atoms with van der Waals surface area (Å²) < 4.78 is 0. The molecule has 0 unspecified atom stereocenters. The van der Waals surface area contributed by atoms with E-state index in [1.54, 1.807) is 24.3 Å². The molecule has 2 aromatic rings. The summed E-state index contributed by atoms with van der Waals surface area (Å²) in [6.45, 7) is 0.644. The molecule has 1 aliphatic rings. The number of rotatable bonds is 7. The maximum atomic E-state index is 12.2. The molecule has 2 aromatic carbocycles. The van der Waals surface area contributed by atoms with Crippen LogP contribution < -0.4 is 5.32 Å². The fourth-order valence-corrected chi connectivity index (χ4v) is 3.45. The number of carbonyl (C=O) groups excluding carboxylic acids is 2. The lowest BCUT2D eigenvalue weighted by Crippen LogP contribution is -2.45. The van der Waals surface area contributed by atoms with E-state index < -0.39 is 0 Å². The Balaban J connectivity index is 1.49. The molecule has 3 rings (SSSR count). The molecule has 130 valence electrons. The van der Waals surface area contributed by atoms with Crippen LogP contribution in [0.1, 0.15) is 48.0 Å². The smallest absolute Gasteiger partial charge is 0.220 e. The van der Waals surface area contributed by atoms with Crippen molar-refractivity contribution in [2.45, 2.75) is 37.5 Å². The van der Waals surface area contributed by atoms with E-state index in [4.69, 9.17) is 11.6 Å². The predicted octanol–water partition coefficient (Wildman–Crippen LogP) is 4.54. The quantitative estimate of drug-likeness (QED) is 0.741. The Morgan fingerprint density at radius 1 is 0.960 bits per heavy atom. The molecule has 3 nitrogen and oxygen atoms in total. The van der Waals surface area contributed by atoms with Crippen molar-refractivity contribution in [3.63, 3.8) is 0 Å². The predicted molar refractivity (Wildman–Crippen MR) is 100.0 cm³/mol. The summed E-state index contributed by atoms with van der Waals surface area (Å²) in [5, 5.41) is 3.63. The lowest BCUT2D eigenvalue weighted by Gasteiger charge is -2.42. The average molecular weight is 356 g/mol. The van der Waals surface area contributed by atoms with Crippen molar-refractivity contribution >= 4 is 23.3 Å². The Hall–Kier alpha value is -2.13. The van der Waals surface area contributed by atoms with Crippen LogP contribution in [-0.4, -0.2) is 18.2 Å². The van der Waals surface area contributed by atoms with Gasteiger partial charge in [-0.05, 0) is 42.7 Å². The van der Waals surface area contributed by atoms with E-state index in [1.807, 2.05) is 18.2 Å². The minimum atomic E-state index is -0.0653. The van der Waals surface area contributed by atoms with Crippen LogP contribution in [0.25, 0.3) is 0 Å². The number of nitrogens with one attached hydrogen (secondary N) is 1. The number of carbonyl (C=O) groups is 2. The molecule has 4 heteroatoms. The summed E-state index contributed by atoms with van der Waals surface area (Å²) in [6, 6.07) is 17.1. The van der Waals surface area contributed by atoms with Crippen molar-refractivity contribution in [3.05, 3.63) is 70.7 Å². The van der Waals surface area contributed by atoms with Crippen molar-refractivity contribution < 1.29 is 9.59 Å². The molecule has 0 spiro atoms. The fourth-order valence-electron chi connectivity index (χ4n) is 3.33. The van der Waals surface area contributed by atoms with Gasteiger partial charge in [0, 0.05) is 35.4 Å². The highest BCUT2D eigenvalue weighted by Crippen LogP contribution is 2.43. The summed E-state index contributed by atoms with van der Waals surface area (Å²) in [7, 11) is 0. The number of benzene rings is 2. The van der Waals surface area contributed by atoms with Gasteiger partial charge in [-0.2, -0.15) is 0 Å². The van der Waals surface area contributed by atoms with Crippen LogP contribution in [0.4, 0.5) is 0 Å². The van der Waals surface area contributed by atoms with Gasteiger partial charge in [0.05, 0.1) is 0 Å². The van der Waals surface area contributed by atoms with Gasteiger partial charge < -0.3 is 5.32 Å². The molecule has 0 saturated heterocycles. The highest BCUT2D eigenvalue weighted by Gasteiger charge is 2.38. The first-order valence-corrected chi connectivity index (χ1v) is 9.08. The second-order valence-electron chi connectivity index (χ2n) is 6.71. The number of hydrogen-bond acceptors (Lipinski definition) is 2. The van der Waals surface area contributed by atoms with Gasteiger partial charge in [-0.1, -0.05) is 48.4 Å². The van der Waals surface area contributed by atoms with Gasteiger partial charge in [-0.25, -0.2) is 0 Å². The Bertz CT molecular complexity index is 736. The molecule has 25 heavy (non-hydrogen) atoms. The second kappa shape index (κ2) is 7.83. The van der Waals surface area contributed by atoms with Crippen LogP contribution in [-0.2, 0) is 10.2 Å². The molecule has 0 atom stereocenters. The van der Waals surface area contributed by atoms with Gasteiger partial charge in [0.25, 0.3) is 0 Å². The molecule has 1 saturated carbocycles. The monoisotopic (exact) mass is 355 g/mol. The topological polar surface area (TPSA) is 46.2 Å². The zero-order valence-corrected chi connectivity index (χ0v) is 14.9. The van der Waals surface area contributed by atoms with Gasteiger partial charge in [0.2, 0.25) is 5.91 Å². The van der Waals surface area contributed by atoms with E-state index in [2.05, 4.69) is 17.4 Å². The average Bonchev–Trinajstić information content (AvgIpc) is 2.60. The summed E-state index contributed by atoms with van der Waals surface area (Å²) in [5.41, 5.74) is 1.95. The van der Waals surface area contributed by atoms with Crippen molar-refractivity contribution in [2.24, 2.45) is 0 Å².